The van der Waals surface area contributed by atoms with E-state index in [-0.39, 0.29) is 36.6 Å². The first-order chi connectivity index (χ1) is 11.5. The maximum Gasteiger partial charge on any atom is 0.461 e. The van der Waals surface area contributed by atoms with Gasteiger partial charge in [-0.1, -0.05) is 25.0 Å². The Bertz CT molecular complexity index is 538. The van der Waals surface area contributed by atoms with Crippen molar-refractivity contribution in [3.05, 3.63) is 29.8 Å². The van der Waals surface area contributed by atoms with Gasteiger partial charge in [0.2, 0.25) is 0 Å². The molecule has 9 heteroatoms. The summed E-state index contributed by atoms with van der Waals surface area (Å²) in [5, 5.41) is 3.32. The summed E-state index contributed by atoms with van der Waals surface area (Å²) in [4.78, 5) is 2.40. The average molecular weight is 419 g/mol. The summed E-state index contributed by atoms with van der Waals surface area (Å²) >= 11 is 0. The van der Waals surface area contributed by atoms with Crippen molar-refractivity contribution in [2.24, 2.45) is 5.92 Å². The molecule has 1 aromatic rings. The van der Waals surface area contributed by atoms with Crippen molar-refractivity contribution >= 4 is 24.8 Å². The van der Waals surface area contributed by atoms with Gasteiger partial charge in [-0.25, -0.2) is 0 Å². The predicted octanol–water partition coefficient (Wildman–Crippen LogP) is 4.51. The van der Waals surface area contributed by atoms with Crippen molar-refractivity contribution in [2.45, 2.75) is 37.8 Å². The fourth-order valence-corrected chi connectivity index (χ4v) is 3.12. The highest BCUT2D eigenvalue weighted by molar-refractivity contribution is 5.85. The Labute approximate surface area is 163 Å². The SMILES string of the molecule is Cl.Cl.FC(F)C(F)(F)Oc1ccc([C@@H](CC2CC2)N2CCNCC2)cc1. The van der Waals surface area contributed by atoms with Gasteiger partial charge in [-0.15, -0.1) is 24.8 Å². The van der Waals surface area contributed by atoms with E-state index in [0.29, 0.717) is 0 Å². The number of halogens is 6. The zero-order valence-corrected chi connectivity index (χ0v) is 15.8. The van der Waals surface area contributed by atoms with E-state index in [9.17, 15) is 17.6 Å². The number of alkyl halides is 4. The number of benzene rings is 1. The highest BCUT2D eigenvalue weighted by Crippen LogP contribution is 2.40. The monoisotopic (exact) mass is 418 g/mol. The van der Waals surface area contributed by atoms with Gasteiger partial charge in [0.25, 0.3) is 0 Å². The third-order valence-corrected chi connectivity index (χ3v) is 4.62. The standard InChI is InChI=1S/C17H22F4N2O.2ClH/c18-16(19)17(20,21)24-14-5-3-13(4-6-14)15(11-12-1-2-12)23-9-7-22-8-10-23;;/h3-6,12,15-16,22H,1-2,7-11H2;2*1H/t15-;;/m1../s1. The van der Waals surface area contributed by atoms with Crippen LogP contribution in [0.4, 0.5) is 17.6 Å². The van der Waals surface area contributed by atoms with Crippen LogP contribution in [0.5, 0.6) is 5.75 Å². The molecule has 1 saturated heterocycles. The van der Waals surface area contributed by atoms with E-state index >= 15 is 0 Å². The van der Waals surface area contributed by atoms with Gasteiger partial charge in [0, 0.05) is 32.2 Å². The Balaban J connectivity index is 0.00000169. The van der Waals surface area contributed by atoms with E-state index in [1.165, 1.54) is 25.0 Å². The van der Waals surface area contributed by atoms with Crippen LogP contribution in [0.3, 0.4) is 0 Å². The average Bonchev–Trinajstić information content (AvgIpc) is 3.38. The van der Waals surface area contributed by atoms with Crippen LogP contribution >= 0.6 is 24.8 Å². The van der Waals surface area contributed by atoms with Crippen LogP contribution < -0.4 is 10.1 Å². The zero-order chi connectivity index (χ0) is 17.2. The first-order valence-corrected chi connectivity index (χ1v) is 8.35. The van der Waals surface area contributed by atoms with Crippen LogP contribution in [-0.4, -0.2) is 43.6 Å². The Hall–Kier alpha value is -0.760. The van der Waals surface area contributed by atoms with E-state index in [4.69, 9.17) is 0 Å². The Kier molecular flexibility index (Phi) is 8.93. The molecule has 0 radical (unpaired) electrons. The molecule has 1 atom stereocenters. The lowest BCUT2D eigenvalue weighted by molar-refractivity contribution is -0.253. The number of nitrogens with zero attached hydrogens (tertiary/aromatic N) is 1. The first-order valence-electron chi connectivity index (χ1n) is 8.35. The number of piperazine rings is 1. The van der Waals surface area contributed by atoms with Gasteiger partial charge in [-0.3, -0.25) is 4.90 Å². The molecular weight excluding hydrogens is 395 g/mol. The molecule has 3 nitrogen and oxygen atoms in total. The maximum atomic E-state index is 13.0. The zero-order valence-electron chi connectivity index (χ0n) is 14.2. The van der Waals surface area contributed by atoms with E-state index < -0.39 is 12.5 Å². The second-order valence-electron chi connectivity index (χ2n) is 6.51. The summed E-state index contributed by atoms with van der Waals surface area (Å²) in [6, 6.07) is 6.38. The lowest BCUT2D eigenvalue weighted by Gasteiger charge is -2.35. The predicted molar refractivity (Wildman–Crippen MR) is 97.0 cm³/mol. The minimum atomic E-state index is -4.46. The number of ether oxygens (including phenoxy) is 1. The van der Waals surface area contributed by atoms with Gasteiger partial charge in [0.1, 0.15) is 5.75 Å². The van der Waals surface area contributed by atoms with Crippen molar-refractivity contribution in [1.82, 2.24) is 10.2 Å². The van der Waals surface area contributed by atoms with E-state index in [2.05, 4.69) is 15.0 Å². The molecule has 0 amide bonds. The molecule has 3 rings (SSSR count). The van der Waals surface area contributed by atoms with Gasteiger partial charge < -0.3 is 10.1 Å². The maximum absolute atomic E-state index is 13.0. The molecule has 1 aromatic carbocycles. The molecule has 1 N–H and O–H groups in total. The molecule has 1 heterocycles. The molecule has 0 aromatic heterocycles. The molecule has 1 aliphatic heterocycles. The van der Waals surface area contributed by atoms with Crippen molar-refractivity contribution in [3.8, 4) is 5.75 Å². The lowest BCUT2D eigenvalue weighted by atomic mass is 9.98. The number of hydrogen-bond donors (Lipinski definition) is 1. The molecule has 1 aliphatic carbocycles. The molecule has 1 saturated carbocycles. The van der Waals surface area contributed by atoms with E-state index in [1.807, 2.05) is 0 Å². The fraction of sp³-hybridized carbons (Fsp3) is 0.647. The second kappa shape index (κ2) is 9.97. The molecular formula is C17H24Cl2F4N2O. The third kappa shape index (κ3) is 6.15. The number of nitrogens with one attached hydrogen (secondary N) is 1. The topological polar surface area (TPSA) is 24.5 Å². The Morgan fingerprint density at radius 3 is 2.15 bits per heavy atom. The fourth-order valence-electron chi connectivity index (χ4n) is 3.12. The molecule has 0 unspecified atom stereocenters. The first kappa shape index (κ1) is 23.3. The summed E-state index contributed by atoms with van der Waals surface area (Å²) in [5.41, 5.74) is 1.02. The molecule has 2 fully saturated rings. The van der Waals surface area contributed by atoms with Crippen LogP contribution in [-0.2, 0) is 0 Å². The minimum Gasteiger partial charge on any atom is -0.428 e. The third-order valence-electron chi connectivity index (χ3n) is 4.62. The van der Waals surface area contributed by atoms with E-state index in [0.717, 1.165) is 44.1 Å². The molecule has 2 aliphatic rings. The number of rotatable bonds is 7. The second-order valence-corrected chi connectivity index (χ2v) is 6.51. The quantitative estimate of drug-likeness (QED) is 0.659. The van der Waals surface area contributed by atoms with Gasteiger partial charge in [-0.05, 0) is 30.0 Å². The summed E-state index contributed by atoms with van der Waals surface area (Å²) in [6.45, 7) is 3.75. The van der Waals surface area contributed by atoms with Crippen molar-refractivity contribution in [3.63, 3.8) is 0 Å². The van der Waals surface area contributed by atoms with Gasteiger partial charge in [-0.2, -0.15) is 17.6 Å². The van der Waals surface area contributed by atoms with Crippen LogP contribution in [0.1, 0.15) is 30.9 Å². The molecule has 26 heavy (non-hydrogen) atoms. The van der Waals surface area contributed by atoms with Crippen molar-refractivity contribution in [1.29, 1.82) is 0 Å². The van der Waals surface area contributed by atoms with Crippen LogP contribution in [0.2, 0.25) is 0 Å². The summed E-state index contributed by atoms with van der Waals surface area (Å²) in [7, 11) is 0. The summed E-state index contributed by atoms with van der Waals surface area (Å²) in [5.74, 6) is 0.485. The van der Waals surface area contributed by atoms with Gasteiger partial charge in [0.15, 0.2) is 0 Å². The van der Waals surface area contributed by atoms with Crippen molar-refractivity contribution < 1.29 is 22.3 Å². The van der Waals surface area contributed by atoms with Crippen molar-refractivity contribution in [2.75, 3.05) is 26.2 Å². The normalized spacial score (nSPS) is 19.4. The minimum absolute atomic E-state index is 0. The molecule has 0 bridgehead atoms. The Morgan fingerprint density at radius 2 is 1.65 bits per heavy atom. The van der Waals surface area contributed by atoms with Crippen LogP contribution in [0, 0.1) is 5.92 Å². The highest BCUT2D eigenvalue weighted by atomic mass is 35.5. The van der Waals surface area contributed by atoms with Gasteiger partial charge in [0.05, 0.1) is 0 Å². The van der Waals surface area contributed by atoms with Crippen LogP contribution in [0.25, 0.3) is 0 Å². The van der Waals surface area contributed by atoms with E-state index in [1.54, 1.807) is 12.1 Å². The largest absolute Gasteiger partial charge is 0.461 e. The highest BCUT2D eigenvalue weighted by Gasteiger charge is 2.44. The molecule has 150 valence electrons. The summed E-state index contributed by atoms with van der Waals surface area (Å²) in [6.07, 6.45) is -4.78. The number of hydrogen-bond acceptors (Lipinski definition) is 3. The smallest absolute Gasteiger partial charge is 0.428 e. The van der Waals surface area contributed by atoms with Gasteiger partial charge >= 0.3 is 12.5 Å². The Morgan fingerprint density at radius 1 is 1.08 bits per heavy atom. The summed E-state index contributed by atoms with van der Waals surface area (Å²) < 4.78 is 54.5. The van der Waals surface area contributed by atoms with Crippen LogP contribution in [0.15, 0.2) is 24.3 Å². The molecule has 0 spiro atoms. The lowest BCUT2D eigenvalue weighted by Crippen LogP contribution is -2.45.